The lowest BCUT2D eigenvalue weighted by Gasteiger charge is -2.37. The van der Waals surface area contributed by atoms with Crippen LogP contribution in [0.15, 0.2) is 83.7 Å². The summed E-state index contributed by atoms with van der Waals surface area (Å²) in [7, 11) is 1.63. The lowest BCUT2D eigenvalue weighted by Crippen LogP contribution is -2.35. The number of amides is 1. The molecule has 12 nitrogen and oxygen atoms in total. The molecule has 3 N–H and O–H groups in total. The van der Waals surface area contributed by atoms with Crippen molar-refractivity contribution in [3.05, 3.63) is 117 Å². The molecule has 3 atom stereocenters. The minimum atomic E-state index is -1.02. The van der Waals surface area contributed by atoms with Gasteiger partial charge in [0.25, 0.3) is 5.56 Å². The number of unbranched alkanes of at least 4 members (excludes halogenated alkanes) is 1. The second-order valence-corrected chi connectivity index (χ2v) is 12.8. The van der Waals surface area contributed by atoms with E-state index >= 15 is 0 Å². The largest absolute Gasteiger partial charge is 0.497 e. The van der Waals surface area contributed by atoms with Crippen molar-refractivity contribution < 1.29 is 28.9 Å². The normalized spacial score (nSPS) is 16.9. The Bertz CT molecular complexity index is 1980. The Labute approximate surface area is 295 Å². The van der Waals surface area contributed by atoms with Crippen molar-refractivity contribution in [2.45, 2.75) is 76.9 Å². The number of hydrogen-bond acceptors (Lipinski definition) is 9. The van der Waals surface area contributed by atoms with Gasteiger partial charge in [-0.05, 0) is 73.9 Å². The van der Waals surface area contributed by atoms with E-state index in [0.29, 0.717) is 48.8 Å². The number of aromatic amines is 1. The molecule has 3 heterocycles. The number of methoxy groups -OCH3 is 1. The third-order valence-electron chi connectivity index (χ3n) is 9.24. The highest BCUT2D eigenvalue weighted by atomic mass is 16.6. The first kappa shape index (κ1) is 35.6. The maximum atomic E-state index is 13.1. The molecule has 2 aromatic heterocycles. The van der Waals surface area contributed by atoms with E-state index in [1.807, 2.05) is 78.9 Å². The van der Waals surface area contributed by atoms with Gasteiger partial charge in [-0.1, -0.05) is 66.7 Å². The molecule has 0 radical (unpaired) electrons. The second-order valence-electron chi connectivity index (χ2n) is 12.8. The van der Waals surface area contributed by atoms with Crippen molar-refractivity contribution in [1.29, 1.82) is 0 Å². The lowest BCUT2D eigenvalue weighted by molar-refractivity contribution is -0.118. The Morgan fingerprint density at radius 3 is 2.31 bits per heavy atom. The van der Waals surface area contributed by atoms with Gasteiger partial charge in [-0.3, -0.25) is 19.9 Å². The molecule has 266 valence electrons. The topological polar surface area (TPSA) is 158 Å². The Kier molecular flexibility index (Phi) is 11.0. The number of aliphatic hydroxyl groups is 1. The Hall–Kier alpha value is -5.17. The second kappa shape index (κ2) is 15.8. The molecule has 1 aliphatic heterocycles. The van der Waals surface area contributed by atoms with Crippen molar-refractivity contribution in [1.82, 2.24) is 19.7 Å². The number of nitrogens with zero attached hydrogens (tertiary/aromatic N) is 3. The van der Waals surface area contributed by atoms with Crippen LogP contribution in [0.2, 0.25) is 0 Å². The number of aliphatic hydroxyl groups excluding tert-OH is 1. The maximum Gasteiger partial charge on any atom is 0.263 e. The molecule has 0 bridgehead atoms. The van der Waals surface area contributed by atoms with Gasteiger partial charge in [0.15, 0.2) is 11.9 Å². The van der Waals surface area contributed by atoms with Crippen LogP contribution in [0.25, 0.3) is 11.0 Å². The highest BCUT2D eigenvalue weighted by molar-refractivity contribution is 5.90. The van der Waals surface area contributed by atoms with Crippen LogP contribution in [-0.2, 0) is 31.3 Å². The molecular weight excluding hydrogens is 650 g/mol. The fourth-order valence-corrected chi connectivity index (χ4v) is 6.63. The van der Waals surface area contributed by atoms with Crippen molar-refractivity contribution >= 4 is 28.7 Å². The zero-order valence-electron chi connectivity index (χ0n) is 29.1. The summed E-state index contributed by atoms with van der Waals surface area (Å²) in [6, 6.07) is 25.5. The molecule has 6 rings (SSSR count). The average Bonchev–Trinajstić information content (AvgIpc) is 3.75. The number of aryl methyl sites for hydroxylation is 1. The highest BCUT2D eigenvalue weighted by Gasteiger charge is 2.40. The van der Waals surface area contributed by atoms with Crippen LogP contribution in [0, 0.1) is 6.92 Å². The molecule has 1 amide bonds. The fraction of sp³-hybridized carbons (Fsp3) is 0.359. The van der Waals surface area contributed by atoms with Gasteiger partial charge in [0.1, 0.15) is 22.5 Å². The third-order valence-corrected chi connectivity index (χ3v) is 9.24. The first-order valence-electron chi connectivity index (χ1n) is 17.2. The van der Waals surface area contributed by atoms with Crippen LogP contribution >= 0.6 is 0 Å². The summed E-state index contributed by atoms with van der Waals surface area (Å²) in [4.78, 5) is 44.1. The van der Waals surface area contributed by atoms with E-state index < -0.39 is 17.4 Å². The third kappa shape index (κ3) is 7.78. The number of ketones is 1. The molecule has 0 aliphatic carbocycles. The summed E-state index contributed by atoms with van der Waals surface area (Å²) >= 11 is 0. The van der Waals surface area contributed by atoms with Crippen molar-refractivity contribution in [3.8, 4) is 5.75 Å². The van der Waals surface area contributed by atoms with Crippen molar-refractivity contribution in [3.63, 3.8) is 0 Å². The molecule has 12 heteroatoms. The SMILES string of the molecule is COc1ccc(C(OC[C@@H]2CC[C@H](n3nc(C)c4c(=O)[nH]c(NC(=O)CCCCC(C)=O)nc43)O2)(c2ccccc2)c2ccc(CO)cc2)cc1. The molecule has 3 aromatic carbocycles. The molecule has 1 aliphatic rings. The van der Waals surface area contributed by atoms with E-state index in [-0.39, 0.29) is 43.4 Å². The summed E-state index contributed by atoms with van der Waals surface area (Å²) in [5.74, 6) is 0.532. The average molecular weight is 694 g/mol. The maximum absolute atomic E-state index is 13.1. The first-order valence-corrected chi connectivity index (χ1v) is 17.2. The van der Waals surface area contributed by atoms with Crippen LogP contribution in [0.3, 0.4) is 0 Å². The number of carbonyl (C=O) groups excluding carboxylic acids is 2. The molecule has 1 fully saturated rings. The van der Waals surface area contributed by atoms with E-state index in [9.17, 15) is 19.5 Å². The van der Waals surface area contributed by atoms with Gasteiger partial charge in [0.05, 0.1) is 32.1 Å². The molecule has 51 heavy (non-hydrogen) atoms. The smallest absolute Gasteiger partial charge is 0.263 e. The number of hydrogen-bond donors (Lipinski definition) is 3. The predicted octanol–water partition coefficient (Wildman–Crippen LogP) is 5.70. The Morgan fingerprint density at radius 2 is 1.65 bits per heavy atom. The Balaban J connectivity index is 1.26. The number of aromatic nitrogens is 4. The van der Waals surface area contributed by atoms with E-state index in [0.717, 1.165) is 28.0 Å². The zero-order valence-corrected chi connectivity index (χ0v) is 29.1. The van der Waals surface area contributed by atoms with E-state index in [1.54, 1.807) is 18.7 Å². The zero-order chi connectivity index (χ0) is 36.0. The number of Topliss-reactive ketones (excluding diaryl/α,β-unsaturated/α-hetero) is 1. The standard InChI is InChI=1S/C39H43N5O7/c1-25(46)9-7-8-12-33(47)40-38-41-36-35(37(48)42-38)26(2)43-44(36)34-22-21-32(51-34)24-50-39(28-10-5-4-6-11-28,29-15-13-27(23-45)14-16-29)30-17-19-31(49-3)20-18-30/h4-6,10-11,13-20,32,34,45H,7-9,12,21-24H2,1-3H3,(H2,40,41,42,47,48)/t32-,34+,39?/m0/s1. The van der Waals surface area contributed by atoms with Crippen molar-refractivity contribution in [2.24, 2.45) is 0 Å². The summed E-state index contributed by atoms with van der Waals surface area (Å²) < 4.78 is 20.7. The Morgan fingerprint density at radius 1 is 0.980 bits per heavy atom. The molecule has 1 unspecified atom stereocenters. The van der Waals surface area contributed by atoms with Gasteiger partial charge in [0.2, 0.25) is 11.9 Å². The molecule has 5 aromatic rings. The van der Waals surface area contributed by atoms with Crippen LogP contribution < -0.4 is 15.6 Å². The lowest BCUT2D eigenvalue weighted by atomic mass is 9.79. The van der Waals surface area contributed by atoms with Gasteiger partial charge >= 0.3 is 0 Å². The van der Waals surface area contributed by atoms with E-state index in [1.165, 1.54) is 6.92 Å². The predicted molar refractivity (Wildman–Crippen MR) is 191 cm³/mol. The van der Waals surface area contributed by atoms with Crippen LogP contribution in [-0.4, -0.2) is 56.4 Å². The van der Waals surface area contributed by atoms with Crippen LogP contribution in [0.5, 0.6) is 5.75 Å². The quantitative estimate of drug-likeness (QED) is 0.0924. The summed E-state index contributed by atoms with van der Waals surface area (Å²) in [6.07, 6.45) is 2.22. The molecule has 0 saturated carbocycles. The monoisotopic (exact) mass is 693 g/mol. The molecule has 0 spiro atoms. The summed E-state index contributed by atoms with van der Waals surface area (Å²) in [5, 5.41) is 17.4. The number of ether oxygens (including phenoxy) is 3. The first-order chi connectivity index (χ1) is 24.7. The number of rotatable bonds is 15. The van der Waals surface area contributed by atoms with Gasteiger partial charge in [-0.2, -0.15) is 10.1 Å². The summed E-state index contributed by atoms with van der Waals surface area (Å²) in [6.45, 7) is 3.43. The number of fused-ring (bicyclic) bond motifs is 1. The van der Waals surface area contributed by atoms with Crippen molar-refractivity contribution in [2.75, 3.05) is 19.0 Å². The number of benzene rings is 3. The number of anilines is 1. The number of H-pyrrole nitrogens is 1. The van der Waals surface area contributed by atoms with Gasteiger partial charge < -0.3 is 24.1 Å². The molecule has 1 saturated heterocycles. The van der Waals surface area contributed by atoms with Crippen LogP contribution in [0.4, 0.5) is 5.95 Å². The fourth-order valence-electron chi connectivity index (χ4n) is 6.63. The van der Waals surface area contributed by atoms with Gasteiger partial charge in [-0.15, -0.1) is 0 Å². The summed E-state index contributed by atoms with van der Waals surface area (Å²) in [5.41, 5.74) is 2.88. The van der Waals surface area contributed by atoms with Crippen LogP contribution in [0.1, 0.15) is 79.6 Å². The van der Waals surface area contributed by atoms with Gasteiger partial charge in [0, 0.05) is 12.8 Å². The van der Waals surface area contributed by atoms with E-state index in [2.05, 4.69) is 20.4 Å². The highest BCUT2D eigenvalue weighted by Crippen LogP contribution is 2.42. The number of nitrogens with one attached hydrogen (secondary N) is 2. The molecular formula is C39H43N5O7. The van der Waals surface area contributed by atoms with Gasteiger partial charge in [-0.25, -0.2) is 4.68 Å². The van der Waals surface area contributed by atoms with E-state index in [4.69, 9.17) is 14.2 Å². The minimum absolute atomic E-state index is 0.0300. The minimum Gasteiger partial charge on any atom is -0.497 e. The number of carbonyl (C=O) groups is 2.